The van der Waals surface area contributed by atoms with Gasteiger partial charge in [-0.3, -0.25) is 9.69 Å². The molecule has 1 heterocycles. The molecule has 0 fully saturated rings. The van der Waals surface area contributed by atoms with Crippen LogP contribution in [0.4, 0.5) is 5.69 Å². The molecule has 1 aliphatic heterocycles. The van der Waals surface area contributed by atoms with E-state index >= 15 is 0 Å². The van der Waals surface area contributed by atoms with Gasteiger partial charge in [0.15, 0.2) is 0 Å². The van der Waals surface area contributed by atoms with Gasteiger partial charge in [-0.2, -0.15) is 0 Å². The van der Waals surface area contributed by atoms with E-state index in [1.54, 1.807) is 24.3 Å². The minimum Gasteiger partial charge on any atom is -0.489 e. The zero-order valence-electron chi connectivity index (χ0n) is 13.5. The van der Waals surface area contributed by atoms with Gasteiger partial charge < -0.3 is 4.74 Å². The highest BCUT2D eigenvalue weighted by atomic mass is 35.5. The number of carbonyl (C=O) groups is 1. The molecule has 0 aliphatic carbocycles. The lowest BCUT2D eigenvalue weighted by Gasteiger charge is -2.43. The van der Waals surface area contributed by atoms with Crippen LogP contribution in [-0.2, 0) is 0 Å². The molecule has 1 aliphatic rings. The molecule has 23 heavy (non-hydrogen) atoms. The minimum absolute atomic E-state index is 0.0520. The van der Waals surface area contributed by atoms with Crippen molar-refractivity contribution >= 4 is 23.2 Å². The summed E-state index contributed by atoms with van der Waals surface area (Å²) in [5, 5.41) is 0.560. The van der Waals surface area contributed by atoms with Crippen LogP contribution in [0.15, 0.2) is 48.5 Å². The third-order valence-electron chi connectivity index (χ3n) is 4.12. The highest BCUT2D eigenvalue weighted by Crippen LogP contribution is 2.39. The van der Waals surface area contributed by atoms with Gasteiger partial charge in [-0.05, 0) is 35.7 Å². The van der Waals surface area contributed by atoms with Gasteiger partial charge in [0, 0.05) is 10.6 Å². The first kappa shape index (κ1) is 15.9. The number of carbonyl (C=O) groups excluding carboxylic acids is 1. The largest absolute Gasteiger partial charge is 0.489 e. The molecular formula is C19H20ClNO2. The second kappa shape index (κ2) is 5.89. The maximum atomic E-state index is 13.2. The number of benzene rings is 2. The van der Waals surface area contributed by atoms with Crippen LogP contribution in [0.3, 0.4) is 0 Å². The Kier molecular flexibility index (Phi) is 4.07. The Morgan fingerprint density at radius 1 is 1.17 bits per heavy atom. The SMILES string of the molecule is CC(C)(C)[C@@H]1COc2ccccc2N1C(=O)c1cccc(Cl)c1. The van der Waals surface area contributed by atoms with Crippen molar-refractivity contribution in [2.45, 2.75) is 26.8 Å². The first-order valence-corrected chi connectivity index (χ1v) is 8.06. The number of anilines is 1. The molecular weight excluding hydrogens is 310 g/mol. The Balaban J connectivity index is 2.09. The Labute approximate surface area is 141 Å². The van der Waals surface area contributed by atoms with E-state index in [2.05, 4.69) is 20.8 Å². The van der Waals surface area contributed by atoms with E-state index in [0.717, 1.165) is 11.4 Å². The monoisotopic (exact) mass is 329 g/mol. The maximum absolute atomic E-state index is 13.2. The number of halogens is 1. The van der Waals surface area contributed by atoms with Crippen molar-refractivity contribution in [3.05, 3.63) is 59.1 Å². The Hall–Kier alpha value is -2.00. The fraction of sp³-hybridized carbons (Fsp3) is 0.316. The highest BCUT2D eigenvalue weighted by Gasteiger charge is 2.39. The highest BCUT2D eigenvalue weighted by molar-refractivity contribution is 6.31. The summed E-state index contributed by atoms with van der Waals surface area (Å²) < 4.78 is 5.88. The summed E-state index contributed by atoms with van der Waals surface area (Å²) >= 11 is 6.06. The van der Waals surface area contributed by atoms with E-state index in [-0.39, 0.29) is 17.4 Å². The fourth-order valence-corrected chi connectivity index (χ4v) is 3.03. The van der Waals surface area contributed by atoms with Crippen molar-refractivity contribution in [3.63, 3.8) is 0 Å². The third-order valence-corrected chi connectivity index (χ3v) is 4.36. The Bertz CT molecular complexity index is 736. The quantitative estimate of drug-likeness (QED) is 0.752. The Morgan fingerprint density at radius 2 is 1.91 bits per heavy atom. The number of amides is 1. The van der Waals surface area contributed by atoms with Gasteiger partial charge in [0.25, 0.3) is 5.91 Å². The van der Waals surface area contributed by atoms with Crippen LogP contribution in [0.25, 0.3) is 0 Å². The molecule has 1 amide bonds. The lowest BCUT2D eigenvalue weighted by Crippen LogP contribution is -2.53. The molecule has 0 saturated heterocycles. The number of para-hydroxylation sites is 2. The average Bonchev–Trinajstić information content (AvgIpc) is 2.52. The molecule has 1 atom stereocenters. The number of hydrogen-bond acceptors (Lipinski definition) is 2. The van der Waals surface area contributed by atoms with E-state index in [9.17, 15) is 4.79 Å². The molecule has 0 aromatic heterocycles. The van der Waals surface area contributed by atoms with Gasteiger partial charge in [0.1, 0.15) is 12.4 Å². The first-order valence-electron chi connectivity index (χ1n) is 7.69. The molecule has 3 nitrogen and oxygen atoms in total. The van der Waals surface area contributed by atoms with Crippen molar-refractivity contribution in [2.75, 3.05) is 11.5 Å². The Morgan fingerprint density at radius 3 is 2.61 bits per heavy atom. The summed E-state index contributed by atoms with van der Waals surface area (Å²) in [5.74, 6) is 0.687. The molecule has 0 saturated carbocycles. The van der Waals surface area contributed by atoms with Crippen molar-refractivity contribution in [3.8, 4) is 5.75 Å². The molecule has 4 heteroatoms. The molecule has 0 radical (unpaired) electrons. The van der Waals surface area contributed by atoms with E-state index in [4.69, 9.17) is 16.3 Å². The number of fused-ring (bicyclic) bond motifs is 1. The summed E-state index contributed by atoms with van der Waals surface area (Å²) in [6.45, 7) is 6.83. The van der Waals surface area contributed by atoms with Gasteiger partial charge in [0.05, 0.1) is 11.7 Å². The summed E-state index contributed by atoms with van der Waals surface area (Å²) in [6, 6.07) is 14.7. The van der Waals surface area contributed by atoms with Gasteiger partial charge in [-0.1, -0.05) is 50.6 Å². The third kappa shape index (κ3) is 3.06. The zero-order valence-corrected chi connectivity index (χ0v) is 14.3. The van der Waals surface area contributed by atoms with Crippen molar-refractivity contribution in [1.82, 2.24) is 0 Å². The molecule has 0 bridgehead atoms. The number of rotatable bonds is 1. The fourth-order valence-electron chi connectivity index (χ4n) is 2.84. The topological polar surface area (TPSA) is 29.5 Å². The molecule has 0 spiro atoms. The van der Waals surface area contributed by atoms with Crippen LogP contribution in [0, 0.1) is 5.41 Å². The average molecular weight is 330 g/mol. The van der Waals surface area contributed by atoms with Crippen molar-refractivity contribution < 1.29 is 9.53 Å². The zero-order chi connectivity index (χ0) is 16.6. The van der Waals surface area contributed by atoms with Crippen LogP contribution in [-0.4, -0.2) is 18.6 Å². The van der Waals surface area contributed by atoms with Crippen LogP contribution < -0.4 is 9.64 Å². The smallest absolute Gasteiger partial charge is 0.258 e. The predicted octanol–water partition coefficient (Wildman–Crippen LogP) is 4.79. The van der Waals surface area contributed by atoms with Crippen LogP contribution >= 0.6 is 11.6 Å². The van der Waals surface area contributed by atoms with Crippen LogP contribution in [0.2, 0.25) is 5.02 Å². The summed E-state index contributed by atoms with van der Waals surface area (Å²) in [5.41, 5.74) is 1.29. The minimum atomic E-state index is -0.109. The molecule has 120 valence electrons. The van der Waals surface area contributed by atoms with Gasteiger partial charge in [-0.25, -0.2) is 0 Å². The van der Waals surface area contributed by atoms with E-state index < -0.39 is 0 Å². The standard InChI is InChI=1S/C19H20ClNO2/c1-19(2,3)17-12-23-16-10-5-4-9-15(16)21(17)18(22)13-7-6-8-14(20)11-13/h4-11,17H,12H2,1-3H3/t17-/m0/s1. The molecule has 0 N–H and O–H groups in total. The van der Waals surface area contributed by atoms with E-state index in [0.29, 0.717) is 17.2 Å². The lowest BCUT2D eigenvalue weighted by atomic mass is 9.84. The number of hydrogen-bond donors (Lipinski definition) is 0. The van der Waals surface area contributed by atoms with E-state index in [1.165, 1.54) is 0 Å². The van der Waals surface area contributed by atoms with Crippen LogP contribution in [0.1, 0.15) is 31.1 Å². The number of ether oxygens (including phenoxy) is 1. The number of nitrogens with zero attached hydrogens (tertiary/aromatic N) is 1. The lowest BCUT2D eigenvalue weighted by molar-refractivity contribution is 0.0911. The molecule has 2 aromatic carbocycles. The van der Waals surface area contributed by atoms with Crippen molar-refractivity contribution in [2.24, 2.45) is 5.41 Å². The van der Waals surface area contributed by atoms with Gasteiger partial charge in [0.2, 0.25) is 0 Å². The molecule has 2 aromatic rings. The molecule has 0 unspecified atom stereocenters. The second-order valence-corrected chi connectivity index (χ2v) is 7.28. The van der Waals surface area contributed by atoms with Crippen LogP contribution in [0.5, 0.6) is 5.75 Å². The summed E-state index contributed by atoms with van der Waals surface area (Å²) in [7, 11) is 0. The van der Waals surface area contributed by atoms with E-state index in [1.807, 2.05) is 29.2 Å². The maximum Gasteiger partial charge on any atom is 0.258 e. The summed E-state index contributed by atoms with van der Waals surface area (Å²) in [6.07, 6.45) is 0. The predicted molar refractivity (Wildman–Crippen MR) is 93.4 cm³/mol. The molecule has 3 rings (SSSR count). The first-order chi connectivity index (χ1) is 10.9. The van der Waals surface area contributed by atoms with Crippen molar-refractivity contribution in [1.29, 1.82) is 0 Å². The summed E-state index contributed by atoms with van der Waals surface area (Å²) in [4.78, 5) is 15.0. The van der Waals surface area contributed by atoms with Gasteiger partial charge >= 0.3 is 0 Å². The van der Waals surface area contributed by atoms with Gasteiger partial charge in [-0.15, -0.1) is 0 Å². The normalized spacial score (nSPS) is 17.4. The second-order valence-electron chi connectivity index (χ2n) is 6.85.